The Kier molecular flexibility index (Phi) is 5.04. The smallest absolute Gasteiger partial charge is 0.334 e. The van der Waals surface area contributed by atoms with Crippen LogP contribution in [0.4, 0.5) is 0 Å². The topological polar surface area (TPSA) is 26.3 Å². The molecule has 0 amide bonds. The molecule has 3 aromatic carbocycles. The standard InChI is InChI=1S/C24H22O2/c1-18(2)23(25)26-24(20-13-6-4-7-14-20,21-15-8-5-9-16-21)22-17-11-10-12-19(22)3/h4-17H,1H2,2-3H3. The number of ether oxygens (including phenoxy) is 1. The van der Waals surface area contributed by atoms with Crippen molar-refractivity contribution in [2.75, 3.05) is 0 Å². The molecule has 0 spiro atoms. The molecule has 0 N–H and O–H groups in total. The molecule has 0 aliphatic rings. The minimum atomic E-state index is -1.04. The molecule has 0 radical (unpaired) electrons. The van der Waals surface area contributed by atoms with E-state index in [1.165, 1.54) is 0 Å². The number of benzene rings is 3. The zero-order valence-corrected chi connectivity index (χ0v) is 15.1. The zero-order valence-electron chi connectivity index (χ0n) is 15.1. The summed E-state index contributed by atoms with van der Waals surface area (Å²) in [6.07, 6.45) is 0. The highest BCUT2D eigenvalue weighted by Gasteiger charge is 2.41. The summed E-state index contributed by atoms with van der Waals surface area (Å²) in [6.45, 7) is 7.47. The van der Waals surface area contributed by atoms with Gasteiger partial charge in [-0.05, 0) is 19.4 Å². The molecule has 0 saturated carbocycles. The predicted molar refractivity (Wildman–Crippen MR) is 105 cm³/mol. The second-order valence-electron chi connectivity index (χ2n) is 6.40. The first-order valence-corrected chi connectivity index (χ1v) is 8.61. The Morgan fingerprint density at radius 3 is 1.73 bits per heavy atom. The molecule has 0 aromatic heterocycles. The zero-order chi connectivity index (χ0) is 18.6. The molecule has 0 atom stereocenters. The Bertz CT molecular complexity index is 872. The van der Waals surface area contributed by atoms with Crippen LogP contribution in [-0.2, 0) is 15.1 Å². The number of hydrogen-bond donors (Lipinski definition) is 0. The number of hydrogen-bond acceptors (Lipinski definition) is 2. The molecule has 0 unspecified atom stereocenters. The Hall–Kier alpha value is -3.13. The molecule has 0 fully saturated rings. The number of esters is 1. The predicted octanol–water partition coefficient (Wildman–Crippen LogP) is 5.41. The van der Waals surface area contributed by atoms with Gasteiger partial charge in [-0.25, -0.2) is 4.79 Å². The van der Waals surface area contributed by atoms with Gasteiger partial charge in [-0.2, -0.15) is 0 Å². The van der Waals surface area contributed by atoms with Gasteiger partial charge in [0.15, 0.2) is 5.60 Å². The van der Waals surface area contributed by atoms with Gasteiger partial charge in [-0.1, -0.05) is 91.5 Å². The van der Waals surface area contributed by atoms with Gasteiger partial charge in [0.25, 0.3) is 0 Å². The first-order chi connectivity index (χ1) is 12.6. The Morgan fingerprint density at radius 2 is 1.27 bits per heavy atom. The van der Waals surface area contributed by atoms with Crippen LogP contribution in [0.2, 0.25) is 0 Å². The number of carbonyl (C=O) groups is 1. The summed E-state index contributed by atoms with van der Waals surface area (Å²) in [6, 6.07) is 27.7. The Morgan fingerprint density at radius 1 is 0.808 bits per heavy atom. The maximum atomic E-state index is 12.7. The molecule has 130 valence electrons. The molecular formula is C24H22O2. The van der Waals surface area contributed by atoms with Gasteiger partial charge in [0.05, 0.1) is 0 Å². The van der Waals surface area contributed by atoms with Gasteiger partial charge in [-0.3, -0.25) is 0 Å². The van der Waals surface area contributed by atoms with Gasteiger partial charge in [0.2, 0.25) is 0 Å². The van der Waals surface area contributed by atoms with E-state index >= 15 is 0 Å². The van der Waals surface area contributed by atoms with Crippen molar-refractivity contribution >= 4 is 5.97 Å². The van der Waals surface area contributed by atoms with Crippen LogP contribution < -0.4 is 0 Å². The van der Waals surface area contributed by atoms with Gasteiger partial charge in [-0.15, -0.1) is 0 Å². The van der Waals surface area contributed by atoms with Gasteiger partial charge >= 0.3 is 5.97 Å². The summed E-state index contributed by atoms with van der Waals surface area (Å²) in [7, 11) is 0. The molecule has 0 aliphatic heterocycles. The molecule has 0 heterocycles. The van der Waals surface area contributed by atoms with Crippen molar-refractivity contribution in [3.63, 3.8) is 0 Å². The normalized spacial score (nSPS) is 11.0. The third-order valence-electron chi connectivity index (χ3n) is 4.48. The highest BCUT2D eigenvalue weighted by atomic mass is 16.6. The van der Waals surface area contributed by atoms with E-state index in [0.29, 0.717) is 5.57 Å². The lowest BCUT2D eigenvalue weighted by Crippen LogP contribution is -2.36. The van der Waals surface area contributed by atoms with E-state index < -0.39 is 11.6 Å². The van der Waals surface area contributed by atoms with E-state index in [0.717, 1.165) is 22.3 Å². The van der Waals surface area contributed by atoms with Crippen LogP contribution in [0.1, 0.15) is 29.2 Å². The van der Waals surface area contributed by atoms with Crippen LogP contribution in [0.5, 0.6) is 0 Å². The van der Waals surface area contributed by atoms with Crippen LogP contribution >= 0.6 is 0 Å². The molecular weight excluding hydrogens is 320 g/mol. The highest BCUT2D eigenvalue weighted by molar-refractivity contribution is 5.88. The van der Waals surface area contributed by atoms with Crippen LogP contribution in [-0.4, -0.2) is 5.97 Å². The fraction of sp³-hybridized carbons (Fsp3) is 0.125. The summed E-state index contributed by atoms with van der Waals surface area (Å²) in [5, 5.41) is 0. The van der Waals surface area contributed by atoms with Crippen LogP contribution in [0, 0.1) is 6.92 Å². The van der Waals surface area contributed by atoms with Crippen molar-refractivity contribution in [2.24, 2.45) is 0 Å². The highest BCUT2D eigenvalue weighted by Crippen LogP contribution is 2.42. The summed E-state index contributed by atoms with van der Waals surface area (Å²) in [4.78, 5) is 12.7. The molecule has 3 aromatic rings. The molecule has 26 heavy (non-hydrogen) atoms. The lowest BCUT2D eigenvalue weighted by atomic mass is 9.78. The van der Waals surface area contributed by atoms with Crippen LogP contribution in [0.15, 0.2) is 97.1 Å². The summed E-state index contributed by atoms with van der Waals surface area (Å²) >= 11 is 0. The summed E-state index contributed by atoms with van der Waals surface area (Å²) in [5.74, 6) is -0.416. The minimum Gasteiger partial charge on any atom is -0.441 e. The largest absolute Gasteiger partial charge is 0.441 e. The van der Waals surface area contributed by atoms with E-state index in [4.69, 9.17) is 4.74 Å². The van der Waals surface area contributed by atoms with Crippen molar-refractivity contribution in [1.82, 2.24) is 0 Å². The van der Waals surface area contributed by atoms with Crippen molar-refractivity contribution in [2.45, 2.75) is 19.4 Å². The number of carbonyl (C=O) groups excluding carboxylic acids is 1. The second-order valence-corrected chi connectivity index (χ2v) is 6.40. The van der Waals surface area contributed by atoms with E-state index in [1.807, 2.05) is 91.9 Å². The first kappa shape index (κ1) is 17.7. The van der Waals surface area contributed by atoms with Gasteiger partial charge in [0, 0.05) is 22.3 Å². The monoisotopic (exact) mass is 342 g/mol. The molecule has 3 rings (SSSR count). The van der Waals surface area contributed by atoms with E-state index in [2.05, 4.69) is 6.58 Å². The molecule has 0 bridgehead atoms. The molecule has 2 nitrogen and oxygen atoms in total. The van der Waals surface area contributed by atoms with Crippen molar-refractivity contribution in [3.05, 3.63) is 119 Å². The van der Waals surface area contributed by atoms with Crippen molar-refractivity contribution in [1.29, 1.82) is 0 Å². The quantitative estimate of drug-likeness (QED) is 0.352. The first-order valence-electron chi connectivity index (χ1n) is 8.61. The van der Waals surface area contributed by atoms with E-state index in [9.17, 15) is 4.79 Å². The lowest BCUT2D eigenvalue weighted by molar-refractivity contribution is -0.148. The van der Waals surface area contributed by atoms with Gasteiger partial charge in [0.1, 0.15) is 0 Å². The van der Waals surface area contributed by atoms with E-state index in [1.54, 1.807) is 6.92 Å². The Labute approximate surface area is 154 Å². The summed E-state index contributed by atoms with van der Waals surface area (Å²) in [5.41, 5.74) is 3.12. The molecule has 0 saturated heterocycles. The van der Waals surface area contributed by atoms with Crippen LogP contribution in [0.25, 0.3) is 0 Å². The SMILES string of the molecule is C=C(C)C(=O)OC(c1ccccc1)(c1ccccc1)c1ccccc1C. The number of aryl methyl sites for hydroxylation is 1. The minimum absolute atomic E-state index is 0.370. The molecule has 2 heteroatoms. The summed E-state index contributed by atoms with van der Waals surface area (Å²) < 4.78 is 6.20. The third-order valence-corrected chi connectivity index (χ3v) is 4.48. The second kappa shape index (κ2) is 7.40. The maximum absolute atomic E-state index is 12.7. The third kappa shape index (κ3) is 3.18. The lowest BCUT2D eigenvalue weighted by Gasteiger charge is -2.36. The fourth-order valence-corrected chi connectivity index (χ4v) is 3.19. The average molecular weight is 342 g/mol. The Balaban J connectivity index is 2.37. The number of rotatable bonds is 5. The average Bonchev–Trinajstić information content (AvgIpc) is 2.68. The van der Waals surface area contributed by atoms with Crippen molar-refractivity contribution in [3.8, 4) is 0 Å². The van der Waals surface area contributed by atoms with Crippen molar-refractivity contribution < 1.29 is 9.53 Å². The van der Waals surface area contributed by atoms with E-state index in [-0.39, 0.29) is 0 Å². The molecule has 0 aliphatic carbocycles. The van der Waals surface area contributed by atoms with Crippen LogP contribution in [0.3, 0.4) is 0 Å². The maximum Gasteiger partial charge on any atom is 0.334 e. The fourth-order valence-electron chi connectivity index (χ4n) is 3.19. The van der Waals surface area contributed by atoms with Gasteiger partial charge < -0.3 is 4.74 Å².